The molecule has 1 aromatic heterocycles. The van der Waals surface area contributed by atoms with Crippen molar-refractivity contribution >= 4 is 6.09 Å². The first-order valence-electron chi connectivity index (χ1n) is 6.93. The van der Waals surface area contributed by atoms with Gasteiger partial charge in [0.1, 0.15) is 11.7 Å². The van der Waals surface area contributed by atoms with Gasteiger partial charge in [-0.2, -0.15) is 10.4 Å². The molecule has 0 aliphatic rings. The van der Waals surface area contributed by atoms with Crippen molar-refractivity contribution in [2.75, 3.05) is 0 Å². The Kier molecular flexibility index (Phi) is 4.47. The molecule has 0 bridgehead atoms. The molecule has 0 aliphatic heterocycles. The zero-order chi connectivity index (χ0) is 16.2. The average Bonchev–Trinajstić information content (AvgIpc) is 2.93. The molecule has 114 valence electrons. The molecule has 0 aliphatic carbocycles. The Labute approximate surface area is 129 Å². The molecule has 0 fully saturated rings. The molecule has 0 radical (unpaired) electrons. The van der Waals surface area contributed by atoms with Crippen LogP contribution in [0.5, 0.6) is 0 Å². The Balaban J connectivity index is 2.00. The predicted octanol–water partition coefficient (Wildman–Crippen LogP) is 2.55. The number of rotatable bonds is 5. The van der Waals surface area contributed by atoms with Crippen LogP contribution in [-0.4, -0.2) is 21.5 Å². The fourth-order valence-electron chi connectivity index (χ4n) is 2.11. The van der Waals surface area contributed by atoms with Gasteiger partial charge in [0.25, 0.3) is 0 Å². The molecule has 0 saturated heterocycles. The van der Waals surface area contributed by atoms with Crippen molar-refractivity contribution in [1.82, 2.24) is 9.78 Å². The SMILES string of the molecule is CC(C)(CCc1ccc(-n2ccc(C#N)n2)cc1)OC(N)=O. The standard InChI is InChI=1S/C16H18N4O2/c1-16(2,22-15(18)21)9-7-12-3-5-14(6-4-12)20-10-8-13(11-17)19-20/h3-6,8,10H,7,9H2,1-2H3,(H2,18,21). The van der Waals surface area contributed by atoms with Gasteiger partial charge >= 0.3 is 6.09 Å². The van der Waals surface area contributed by atoms with Crippen LogP contribution in [0.1, 0.15) is 31.5 Å². The highest BCUT2D eigenvalue weighted by Gasteiger charge is 2.21. The maximum absolute atomic E-state index is 10.8. The average molecular weight is 298 g/mol. The van der Waals surface area contributed by atoms with E-state index < -0.39 is 11.7 Å². The lowest BCUT2D eigenvalue weighted by Crippen LogP contribution is -2.31. The van der Waals surface area contributed by atoms with E-state index in [4.69, 9.17) is 15.7 Å². The van der Waals surface area contributed by atoms with E-state index in [2.05, 4.69) is 5.10 Å². The highest BCUT2D eigenvalue weighted by atomic mass is 16.6. The van der Waals surface area contributed by atoms with Crippen molar-refractivity contribution in [3.63, 3.8) is 0 Å². The maximum atomic E-state index is 10.8. The smallest absolute Gasteiger partial charge is 0.405 e. The van der Waals surface area contributed by atoms with E-state index in [-0.39, 0.29) is 0 Å². The largest absolute Gasteiger partial charge is 0.444 e. The second kappa shape index (κ2) is 6.31. The molecule has 0 unspecified atom stereocenters. The van der Waals surface area contributed by atoms with E-state index in [1.54, 1.807) is 16.9 Å². The second-order valence-electron chi connectivity index (χ2n) is 5.60. The number of carbonyl (C=O) groups excluding carboxylic acids is 1. The fourth-order valence-corrected chi connectivity index (χ4v) is 2.11. The van der Waals surface area contributed by atoms with Gasteiger partial charge in [-0.05, 0) is 50.5 Å². The number of aromatic nitrogens is 2. The molecular formula is C16H18N4O2. The number of amides is 1. The first-order chi connectivity index (χ1) is 10.4. The Bertz CT molecular complexity index is 696. The van der Waals surface area contributed by atoms with Crippen LogP contribution in [-0.2, 0) is 11.2 Å². The van der Waals surface area contributed by atoms with Crippen LogP contribution in [0.4, 0.5) is 4.79 Å². The summed E-state index contributed by atoms with van der Waals surface area (Å²) in [6, 6.07) is 11.5. The zero-order valence-corrected chi connectivity index (χ0v) is 12.6. The van der Waals surface area contributed by atoms with Gasteiger partial charge < -0.3 is 10.5 Å². The third kappa shape index (κ3) is 4.09. The molecule has 2 aromatic rings. The second-order valence-corrected chi connectivity index (χ2v) is 5.60. The molecule has 1 heterocycles. The van der Waals surface area contributed by atoms with Crippen LogP contribution in [0.2, 0.25) is 0 Å². The van der Waals surface area contributed by atoms with Crippen LogP contribution < -0.4 is 5.73 Å². The maximum Gasteiger partial charge on any atom is 0.405 e. The van der Waals surface area contributed by atoms with E-state index in [1.165, 1.54) is 0 Å². The third-order valence-corrected chi connectivity index (χ3v) is 3.30. The van der Waals surface area contributed by atoms with Gasteiger partial charge in [0, 0.05) is 6.20 Å². The number of primary amides is 1. The summed E-state index contributed by atoms with van der Waals surface area (Å²) in [4.78, 5) is 10.8. The molecule has 22 heavy (non-hydrogen) atoms. The number of benzene rings is 1. The minimum Gasteiger partial charge on any atom is -0.444 e. The third-order valence-electron chi connectivity index (χ3n) is 3.30. The van der Waals surface area contributed by atoms with Gasteiger partial charge in [-0.25, -0.2) is 9.48 Å². The molecule has 2 rings (SSSR count). The summed E-state index contributed by atoms with van der Waals surface area (Å²) in [5.74, 6) is 0. The normalized spacial score (nSPS) is 11.0. The van der Waals surface area contributed by atoms with Gasteiger partial charge in [-0.3, -0.25) is 0 Å². The lowest BCUT2D eigenvalue weighted by molar-refractivity contribution is 0.0394. The van der Waals surface area contributed by atoms with Crippen LogP contribution in [0.3, 0.4) is 0 Å². The molecule has 0 atom stereocenters. The molecule has 1 aromatic carbocycles. The van der Waals surface area contributed by atoms with Crippen LogP contribution >= 0.6 is 0 Å². The monoisotopic (exact) mass is 298 g/mol. The Hall–Kier alpha value is -2.81. The van der Waals surface area contributed by atoms with Crippen LogP contribution in [0.15, 0.2) is 36.5 Å². The van der Waals surface area contributed by atoms with Gasteiger partial charge in [0.15, 0.2) is 5.69 Å². The van der Waals surface area contributed by atoms with Crippen LogP contribution in [0, 0.1) is 11.3 Å². The Morgan fingerprint density at radius 1 is 1.36 bits per heavy atom. The lowest BCUT2D eigenvalue weighted by Gasteiger charge is -2.23. The molecule has 6 heteroatoms. The van der Waals surface area contributed by atoms with Gasteiger partial charge in [0.2, 0.25) is 0 Å². The first-order valence-corrected chi connectivity index (χ1v) is 6.93. The zero-order valence-electron chi connectivity index (χ0n) is 12.6. The van der Waals surface area contributed by atoms with Gasteiger partial charge in [0.05, 0.1) is 5.69 Å². The summed E-state index contributed by atoms with van der Waals surface area (Å²) < 4.78 is 6.72. The highest BCUT2D eigenvalue weighted by molar-refractivity contribution is 5.65. The molecule has 1 amide bonds. The van der Waals surface area contributed by atoms with Crippen molar-refractivity contribution in [2.24, 2.45) is 5.73 Å². The molecule has 6 nitrogen and oxygen atoms in total. The molecule has 2 N–H and O–H groups in total. The number of nitrogens with two attached hydrogens (primary N) is 1. The topological polar surface area (TPSA) is 93.9 Å². The molecular weight excluding hydrogens is 280 g/mol. The molecule has 0 saturated carbocycles. The number of carbonyl (C=O) groups is 1. The summed E-state index contributed by atoms with van der Waals surface area (Å²) >= 11 is 0. The van der Waals surface area contributed by atoms with Gasteiger partial charge in [-0.15, -0.1) is 0 Å². The van der Waals surface area contributed by atoms with Crippen molar-refractivity contribution in [2.45, 2.75) is 32.3 Å². The summed E-state index contributed by atoms with van der Waals surface area (Å²) in [7, 11) is 0. The van der Waals surface area contributed by atoms with Crippen molar-refractivity contribution in [1.29, 1.82) is 5.26 Å². The van der Waals surface area contributed by atoms with Crippen molar-refractivity contribution in [3.05, 3.63) is 47.8 Å². The summed E-state index contributed by atoms with van der Waals surface area (Å²) in [6.07, 6.45) is 2.43. The number of nitrogens with zero attached hydrogens (tertiary/aromatic N) is 3. The summed E-state index contributed by atoms with van der Waals surface area (Å²) in [5.41, 5.74) is 6.86. The number of nitriles is 1. The Morgan fingerprint density at radius 3 is 2.59 bits per heavy atom. The predicted molar refractivity (Wildman–Crippen MR) is 81.3 cm³/mol. The number of aryl methyl sites for hydroxylation is 1. The Morgan fingerprint density at radius 2 is 2.05 bits per heavy atom. The van der Waals surface area contributed by atoms with Crippen molar-refractivity contribution < 1.29 is 9.53 Å². The molecule has 0 spiro atoms. The van der Waals surface area contributed by atoms with Gasteiger partial charge in [-0.1, -0.05) is 12.1 Å². The van der Waals surface area contributed by atoms with E-state index in [1.807, 2.05) is 44.2 Å². The quantitative estimate of drug-likeness (QED) is 0.917. The summed E-state index contributed by atoms with van der Waals surface area (Å²) in [6.45, 7) is 3.67. The number of hydrogen-bond donors (Lipinski definition) is 1. The number of hydrogen-bond acceptors (Lipinski definition) is 4. The van der Waals surface area contributed by atoms with E-state index in [0.29, 0.717) is 12.1 Å². The number of ether oxygens (including phenoxy) is 1. The minimum atomic E-state index is -0.757. The minimum absolute atomic E-state index is 0.384. The first kappa shape index (κ1) is 15.6. The fraction of sp³-hybridized carbons (Fsp3) is 0.312. The summed E-state index contributed by atoms with van der Waals surface area (Å²) in [5, 5.41) is 12.9. The van der Waals surface area contributed by atoms with Crippen molar-refractivity contribution in [3.8, 4) is 11.8 Å². The lowest BCUT2D eigenvalue weighted by atomic mass is 9.98. The van der Waals surface area contributed by atoms with E-state index in [9.17, 15) is 4.79 Å². The van der Waals surface area contributed by atoms with Crippen LogP contribution in [0.25, 0.3) is 5.69 Å². The highest BCUT2D eigenvalue weighted by Crippen LogP contribution is 2.19. The van der Waals surface area contributed by atoms with E-state index >= 15 is 0 Å². The van der Waals surface area contributed by atoms with E-state index in [0.717, 1.165) is 17.7 Å².